The Hall–Kier alpha value is -4.61. The maximum absolute atomic E-state index is 13.3. The average Bonchev–Trinajstić information content (AvgIpc) is 2.98. The number of nitrogens with zero attached hydrogens (tertiary/aromatic N) is 2. The van der Waals surface area contributed by atoms with Gasteiger partial charge in [0.25, 0.3) is 5.91 Å². The van der Waals surface area contributed by atoms with E-state index in [0.717, 1.165) is 44.8 Å². The molecule has 4 amide bonds. The van der Waals surface area contributed by atoms with Crippen molar-refractivity contribution in [1.82, 2.24) is 9.80 Å². The van der Waals surface area contributed by atoms with E-state index in [9.17, 15) is 14.4 Å². The Morgan fingerprint density at radius 3 is 2.16 bits per heavy atom. The fourth-order valence-corrected chi connectivity index (χ4v) is 4.62. The Morgan fingerprint density at radius 2 is 1.52 bits per heavy atom. The first-order valence-corrected chi connectivity index (χ1v) is 14.8. The molecule has 5 N–H and O–H groups in total. The Kier molecular flexibility index (Phi) is 11.2. The SMILES string of the molecule is CC(C)(C)OC(=O)Nc1ccccc1NC(=O)c1ccc(CN(CCCN2CCOCC2)C(=O)Nc2ccc(N)cc2)cc1. The van der Waals surface area contributed by atoms with Gasteiger partial charge in [0, 0.05) is 49.7 Å². The van der Waals surface area contributed by atoms with Crippen molar-refractivity contribution in [2.24, 2.45) is 0 Å². The molecule has 11 nitrogen and oxygen atoms in total. The third-order valence-electron chi connectivity index (χ3n) is 6.86. The van der Waals surface area contributed by atoms with Gasteiger partial charge in [0.2, 0.25) is 0 Å². The van der Waals surface area contributed by atoms with Crippen LogP contribution in [0.4, 0.5) is 32.3 Å². The van der Waals surface area contributed by atoms with E-state index in [4.69, 9.17) is 15.2 Å². The molecule has 0 atom stereocenters. The molecule has 1 heterocycles. The Balaban J connectivity index is 1.39. The number of nitrogens with two attached hydrogens (primary N) is 1. The molecule has 234 valence electrons. The summed E-state index contributed by atoms with van der Waals surface area (Å²) in [7, 11) is 0. The van der Waals surface area contributed by atoms with Crippen molar-refractivity contribution in [2.45, 2.75) is 39.3 Å². The molecule has 44 heavy (non-hydrogen) atoms. The van der Waals surface area contributed by atoms with E-state index in [1.54, 1.807) is 86.3 Å². The minimum atomic E-state index is -0.654. The van der Waals surface area contributed by atoms with Gasteiger partial charge in [0.05, 0.1) is 24.6 Å². The molecule has 0 bridgehead atoms. The molecule has 4 rings (SSSR count). The van der Waals surface area contributed by atoms with Crippen LogP contribution in [0.25, 0.3) is 0 Å². The second-order valence-electron chi connectivity index (χ2n) is 11.6. The van der Waals surface area contributed by atoms with Gasteiger partial charge in [0.15, 0.2) is 0 Å². The van der Waals surface area contributed by atoms with Crippen molar-refractivity contribution in [3.05, 3.63) is 83.9 Å². The second-order valence-corrected chi connectivity index (χ2v) is 11.6. The molecule has 1 aliphatic rings. The summed E-state index contributed by atoms with van der Waals surface area (Å²) >= 11 is 0. The fraction of sp³-hybridized carbons (Fsp3) is 0.364. The molecule has 0 saturated carbocycles. The minimum absolute atomic E-state index is 0.215. The third kappa shape index (κ3) is 10.3. The number of morpholine rings is 1. The highest BCUT2D eigenvalue weighted by Crippen LogP contribution is 2.23. The van der Waals surface area contributed by atoms with E-state index < -0.39 is 11.7 Å². The van der Waals surface area contributed by atoms with Gasteiger partial charge in [-0.3, -0.25) is 15.0 Å². The normalized spacial score (nSPS) is 13.5. The van der Waals surface area contributed by atoms with Crippen LogP contribution in [0.3, 0.4) is 0 Å². The lowest BCUT2D eigenvalue weighted by molar-refractivity contribution is 0.0365. The average molecular weight is 603 g/mol. The van der Waals surface area contributed by atoms with Gasteiger partial charge < -0.3 is 30.7 Å². The van der Waals surface area contributed by atoms with E-state index in [1.807, 2.05) is 12.1 Å². The molecule has 3 aromatic rings. The van der Waals surface area contributed by atoms with E-state index in [0.29, 0.717) is 41.4 Å². The van der Waals surface area contributed by atoms with Crippen molar-refractivity contribution in [3.63, 3.8) is 0 Å². The van der Waals surface area contributed by atoms with Crippen molar-refractivity contribution in [2.75, 3.05) is 61.1 Å². The number of urea groups is 1. The van der Waals surface area contributed by atoms with Crippen LogP contribution < -0.4 is 21.7 Å². The molecule has 11 heteroatoms. The fourth-order valence-electron chi connectivity index (χ4n) is 4.62. The van der Waals surface area contributed by atoms with E-state index in [1.165, 1.54) is 0 Å². The molecule has 3 aromatic carbocycles. The summed E-state index contributed by atoms with van der Waals surface area (Å²) in [5.41, 5.74) is 8.61. The number of hydrogen-bond acceptors (Lipinski definition) is 7. The lowest BCUT2D eigenvalue weighted by Gasteiger charge is -2.28. The monoisotopic (exact) mass is 602 g/mol. The molecule has 0 unspecified atom stereocenters. The Morgan fingerprint density at radius 1 is 0.886 bits per heavy atom. The molecule has 1 aliphatic heterocycles. The second kappa shape index (κ2) is 15.2. The summed E-state index contributed by atoms with van der Waals surface area (Å²) < 4.78 is 10.8. The van der Waals surface area contributed by atoms with E-state index in [-0.39, 0.29) is 11.9 Å². The summed E-state index contributed by atoms with van der Waals surface area (Å²) in [6, 6.07) is 20.8. The smallest absolute Gasteiger partial charge is 0.412 e. The molecular weight excluding hydrogens is 560 g/mol. The standard InChI is InChI=1S/C33H42N6O5/c1-33(2,3)44-32(42)37-29-8-5-4-7-28(29)36-30(40)25-11-9-24(10-12-25)23-39(18-6-17-38-19-21-43-22-20-38)31(41)35-27-15-13-26(34)14-16-27/h4-5,7-16H,6,17-23,34H2,1-3H3,(H,35,41)(H,36,40)(H,37,42). The number of amides is 4. The summed E-state index contributed by atoms with van der Waals surface area (Å²) in [6.45, 7) is 10.4. The summed E-state index contributed by atoms with van der Waals surface area (Å²) in [5.74, 6) is -0.335. The number of carbonyl (C=O) groups excluding carboxylic acids is 3. The topological polar surface area (TPSA) is 138 Å². The number of para-hydroxylation sites is 2. The van der Waals surface area contributed by atoms with Crippen LogP contribution >= 0.6 is 0 Å². The van der Waals surface area contributed by atoms with Crippen LogP contribution in [-0.4, -0.2) is 72.8 Å². The maximum atomic E-state index is 13.3. The molecule has 0 aliphatic carbocycles. The lowest BCUT2D eigenvalue weighted by Crippen LogP contribution is -2.40. The van der Waals surface area contributed by atoms with Crippen molar-refractivity contribution < 1.29 is 23.9 Å². The van der Waals surface area contributed by atoms with Crippen LogP contribution in [0, 0.1) is 0 Å². The maximum Gasteiger partial charge on any atom is 0.412 e. The highest BCUT2D eigenvalue weighted by molar-refractivity contribution is 6.06. The zero-order valence-electron chi connectivity index (χ0n) is 25.6. The highest BCUT2D eigenvalue weighted by Gasteiger charge is 2.19. The van der Waals surface area contributed by atoms with Crippen LogP contribution in [0.5, 0.6) is 0 Å². The molecular formula is C33H42N6O5. The molecule has 0 radical (unpaired) electrons. The van der Waals surface area contributed by atoms with Gasteiger partial charge in [-0.1, -0.05) is 24.3 Å². The minimum Gasteiger partial charge on any atom is -0.444 e. The highest BCUT2D eigenvalue weighted by atomic mass is 16.6. The zero-order chi connectivity index (χ0) is 31.5. The predicted molar refractivity (Wildman–Crippen MR) is 173 cm³/mol. The van der Waals surface area contributed by atoms with Crippen molar-refractivity contribution in [1.29, 1.82) is 0 Å². The number of benzene rings is 3. The molecule has 1 saturated heterocycles. The molecule has 0 spiro atoms. The predicted octanol–water partition coefficient (Wildman–Crippen LogP) is 5.62. The van der Waals surface area contributed by atoms with Crippen LogP contribution in [-0.2, 0) is 16.0 Å². The lowest BCUT2D eigenvalue weighted by atomic mass is 10.1. The number of ether oxygens (including phenoxy) is 2. The van der Waals surface area contributed by atoms with E-state index >= 15 is 0 Å². The summed E-state index contributed by atoms with van der Waals surface area (Å²) in [6.07, 6.45) is 0.199. The summed E-state index contributed by atoms with van der Waals surface area (Å²) in [5, 5.41) is 8.51. The van der Waals surface area contributed by atoms with E-state index in [2.05, 4.69) is 20.9 Å². The van der Waals surface area contributed by atoms with Crippen molar-refractivity contribution in [3.8, 4) is 0 Å². The first kappa shape index (κ1) is 32.3. The van der Waals surface area contributed by atoms with Gasteiger partial charge in [-0.05, 0) is 81.3 Å². The van der Waals surface area contributed by atoms with Gasteiger partial charge in [-0.2, -0.15) is 0 Å². The summed E-state index contributed by atoms with van der Waals surface area (Å²) in [4.78, 5) is 42.8. The largest absolute Gasteiger partial charge is 0.444 e. The Labute approximate surface area is 258 Å². The third-order valence-corrected chi connectivity index (χ3v) is 6.86. The number of nitrogen functional groups attached to an aromatic ring is 1. The zero-order valence-corrected chi connectivity index (χ0v) is 25.6. The van der Waals surface area contributed by atoms with Crippen LogP contribution in [0.15, 0.2) is 72.8 Å². The number of nitrogens with one attached hydrogen (secondary N) is 3. The molecule has 0 aromatic heterocycles. The number of anilines is 4. The number of hydrogen-bond donors (Lipinski definition) is 4. The number of carbonyl (C=O) groups is 3. The van der Waals surface area contributed by atoms with Gasteiger partial charge in [-0.25, -0.2) is 9.59 Å². The van der Waals surface area contributed by atoms with Crippen LogP contribution in [0.2, 0.25) is 0 Å². The van der Waals surface area contributed by atoms with Crippen LogP contribution in [0.1, 0.15) is 43.1 Å². The van der Waals surface area contributed by atoms with Gasteiger partial charge in [0.1, 0.15) is 5.60 Å². The van der Waals surface area contributed by atoms with Gasteiger partial charge in [-0.15, -0.1) is 0 Å². The number of rotatable bonds is 10. The molecule has 1 fully saturated rings. The first-order valence-electron chi connectivity index (χ1n) is 14.8. The Bertz CT molecular complexity index is 1400. The van der Waals surface area contributed by atoms with Gasteiger partial charge >= 0.3 is 12.1 Å². The first-order chi connectivity index (χ1) is 21.1. The quantitative estimate of drug-likeness (QED) is 0.221. The van der Waals surface area contributed by atoms with Crippen molar-refractivity contribution >= 4 is 40.8 Å².